The topological polar surface area (TPSA) is 81.2 Å². The van der Waals surface area contributed by atoms with Crippen LogP contribution in [-0.2, 0) is 10.0 Å². The van der Waals surface area contributed by atoms with Crippen molar-refractivity contribution in [3.8, 4) is 16.3 Å². The van der Waals surface area contributed by atoms with E-state index in [1.807, 2.05) is 31.2 Å². The van der Waals surface area contributed by atoms with Crippen LogP contribution in [0.25, 0.3) is 20.9 Å². The fraction of sp³-hybridized carbons (Fsp3) is 0.217. The summed E-state index contributed by atoms with van der Waals surface area (Å²) in [4.78, 5) is 10.0. The van der Waals surface area contributed by atoms with Crippen LogP contribution >= 0.6 is 11.3 Å². The first-order valence-corrected chi connectivity index (χ1v) is 12.3. The highest BCUT2D eigenvalue weighted by Crippen LogP contribution is 2.34. The first-order chi connectivity index (χ1) is 15.0. The van der Waals surface area contributed by atoms with Crippen molar-refractivity contribution in [2.24, 2.45) is 0 Å². The van der Waals surface area contributed by atoms with Crippen molar-refractivity contribution >= 4 is 37.4 Å². The lowest BCUT2D eigenvalue weighted by molar-refractivity contribution is 0.309. The summed E-state index contributed by atoms with van der Waals surface area (Å²) < 4.78 is 34.2. The van der Waals surface area contributed by atoms with Crippen LogP contribution in [-0.4, -0.2) is 25.0 Å². The molecule has 6 nitrogen and oxygen atoms in total. The van der Waals surface area contributed by atoms with Gasteiger partial charge in [-0.05, 0) is 61.4 Å². The van der Waals surface area contributed by atoms with E-state index in [-0.39, 0.29) is 4.90 Å². The predicted molar refractivity (Wildman–Crippen MR) is 125 cm³/mol. The highest BCUT2D eigenvalue weighted by Gasteiger charge is 2.18. The van der Waals surface area contributed by atoms with E-state index in [9.17, 15) is 8.42 Å². The molecule has 0 atom stereocenters. The molecule has 2 heterocycles. The van der Waals surface area contributed by atoms with E-state index in [1.54, 1.807) is 36.5 Å². The van der Waals surface area contributed by atoms with Crippen molar-refractivity contribution in [1.29, 1.82) is 0 Å². The molecule has 8 heteroatoms. The standard InChI is InChI=1S/C23H23N3O3S2/c1-3-4-15-29-17-10-12-18(13-11-17)31(27,28)26-20-8-5-7-19(16(20)2)22-25-21-9-6-14-24-23(21)30-22/h5-14,26H,3-4,15H2,1-2H3. The summed E-state index contributed by atoms with van der Waals surface area (Å²) in [7, 11) is -3.74. The van der Waals surface area contributed by atoms with Gasteiger partial charge in [0.15, 0.2) is 0 Å². The number of ether oxygens (including phenoxy) is 1. The molecule has 0 saturated heterocycles. The minimum atomic E-state index is -3.74. The van der Waals surface area contributed by atoms with E-state index in [4.69, 9.17) is 4.74 Å². The predicted octanol–water partition coefficient (Wildman–Crippen LogP) is 5.65. The lowest BCUT2D eigenvalue weighted by Crippen LogP contribution is -2.14. The van der Waals surface area contributed by atoms with Crippen LogP contribution in [0.2, 0.25) is 0 Å². The number of fused-ring (bicyclic) bond motifs is 1. The van der Waals surface area contributed by atoms with Crippen LogP contribution in [0.15, 0.2) is 65.7 Å². The molecule has 4 rings (SSSR count). The van der Waals surface area contributed by atoms with Gasteiger partial charge >= 0.3 is 0 Å². The maximum absolute atomic E-state index is 12.9. The molecule has 1 N–H and O–H groups in total. The summed E-state index contributed by atoms with van der Waals surface area (Å²) in [5, 5.41) is 0.806. The molecule has 2 aromatic heterocycles. The van der Waals surface area contributed by atoms with Crippen molar-refractivity contribution in [2.75, 3.05) is 11.3 Å². The Labute approximate surface area is 186 Å². The Bertz CT molecular complexity index is 1270. The average molecular weight is 454 g/mol. The van der Waals surface area contributed by atoms with Gasteiger partial charge < -0.3 is 4.74 Å². The fourth-order valence-corrected chi connectivity index (χ4v) is 5.23. The third kappa shape index (κ3) is 4.70. The van der Waals surface area contributed by atoms with Crippen LogP contribution in [0, 0.1) is 6.92 Å². The van der Waals surface area contributed by atoms with Gasteiger partial charge in [-0.15, -0.1) is 0 Å². The number of unbranched alkanes of at least 4 members (excludes halogenated alkanes) is 1. The summed E-state index contributed by atoms with van der Waals surface area (Å²) in [6.07, 6.45) is 3.74. The molecular weight excluding hydrogens is 430 g/mol. The van der Waals surface area contributed by atoms with E-state index in [0.717, 1.165) is 39.3 Å². The molecule has 0 fully saturated rings. The van der Waals surface area contributed by atoms with Gasteiger partial charge in [0.25, 0.3) is 10.0 Å². The number of pyridine rings is 1. The number of rotatable bonds is 8. The van der Waals surface area contributed by atoms with Gasteiger partial charge in [0.2, 0.25) is 0 Å². The zero-order valence-corrected chi connectivity index (χ0v) is 19.0. The van der Waals surface area contributed by atoms with Crippen LogP contribution in [0.5, 0.6) is 5.75 Å². The van der Waals surface area contributed by atoms with Gasteiger partial charge in [0, 0.05) is 11.8 Å². The quantitative estimate of drug-likeness (QED) is 0.349. The summed E-state index contributed by atoms with van der Waals surface area (Å²) in [5.74, 6) is 0.662. The molecule has 0 aliphatic heterocycles. The van der Waals surface area contributed by atoms with E-state index < -0.39 is 10.0 Å². The first kappa shape index (κ1) is 21.3. The fourth-order valence-electron chi connectivity index (χ4n) is 3.12. The molecule has 0 radical (unpaired) electrons. The largest absolute Gasteiger partial charge is 0.494 e. The molecule has 31 heavy (non-hydrogen) atoms. The Morgan fingerprint density at radius 2 is 1.87 bits per heavy atom. The molecule has 0 aliphatic carbocycles. The van der Waals surface area contributed by atoms with Crippen molar-refractivity contribution < 1.29 is 13.2 Å². The zero-order chi connectivity index (χ0) is 21.8. The molecule has 4 aromatic rings. The molecule has 0 saturated carbocycles. The highest BCUT2D eigenvalue weighted by molar-refractivity contribution is 7.92. The van der Waals surface area contributed by atoms with E-state index in [1.165, 1.54) is 11.3 Å². The Balaban J connectivity index is 1.58. The van der Waals surface area contributed by atoms with Gasteiger partial charge in [-0.2, -0.15) is 0 Å². The maximum Gasteiger partial charge on any atom is 0.261 e. The van der Waals surface area contributed by atoms with Crippen LogP contribution in [0.1, 0.15) is 25.3 Å². The van der Waals surface area contributed by atoms with Gasteiger partial charge in [-0.3, -0.25) is 4.72 Å². The third-order valence-electron chi connectivity index (χ3n) is 4.88. The number of aromatic nitrogens is 2. The van der Waals surface area contributed by atoms with E-state index in [0.29, 0.717) is 18.0 Å². The number of anilines is 1. The summed E-state index contributed by atoms with van der Waals surface area (Å²) in [6, 6.07) is 15.8. The molecule has 2 aromatic carbocycles. The van der Waals surface area contributed by atoms with Crippen molar-refractivity contribution in [2.45, 2.75) is 31.6 Å². The first-order valence-electron chi connectivity index (χ1n) is 10.0. The Morgan fingerprint density at radius 1 is 1.06 bits per heavy atom. The number of hydrogen-bond donors (Lipinski definition) is 1. The number of nitrogens with zero attached hydrogens (tertiary/aromatic N) is 2. The normalized spacial score (nSPS) is 11.5. The summed E-state index contributed by atoms with van der Waals surface area (Å²) in [5.41, 5.74) is 3.04. The van der Waals surface area contributed by atoms with Gasteiger partial charge in [0.1, 0.15) is 21.1 Å². The Morgan fingerprint density at radius 3 is 2.61 bits per heavy atom. The number of nitrogens with one attached hydrogen (secondary N) is 1. The second kappa shape index (κ2) is 9.03. The minimum Gasteiger partial charge on any atom is -0.494 e. The van der Waals surface area contributed by atoms with Crippen molar-refractivity contribution in [3.05, 3.63) is 66.4 Å². The second-order valence-corrected chi connectivity index (χ2v) is 9.76. The highest BCUT2D eigenvalue weighted by atomic mass is 32.2. The molecule has 0 spiro atoms. The Kier molecular flexibility index (Phi) is 6.20. The molecule has 160 valence electrons. The number of benzene rings is 2. The van der Waals surface area contributed by atoms with Crippen molar-refractivity contribution in [3.63, 3.8) is 0 Å². The number of sulfonamides is 1. The van der Waals surface area contributed by atoms with Crippen LogP contribution < -0.4 is 9.46 Å². The second-order valence-electron chi connectivity index (χ2n) is 7.10. The SMILES string of the molecule is CCCCOc1ccc(S(=O)(=O)Nc2cccc(-c3nc4cccnc4s3)c2C)cc1. The van der Waals surface area contributed by atoms with Crippen LogP contribution in [0.3, 0.4) is 0 Å². The summed E-state index contributed by atoms with van der Waals surface area (Å²) >= 11 is 1.48. The number of hydrogen-bond acceptors (Lipinski definition) is 6. The molecular formula is C23H23N3O3S2. The zero-order valence-electron chi connectivity index (χ0n) is 17.3. The molecule has 0 bridgehead atoms. The monoisotopic (exact) mass is 453 g/mol. The van der Waals surface area contributed by atoms with Gasteiger partial charge in [0.05, 0.1) is 17.2 Å². The lowest BCUT2D eigenvalue weighted by atomic mass is 10.1. The summed E-state index contributed by atoms with van der Waals surface area (Å²) in [6.45, 7) is 4.60. The molecule has 0 aliphatic rings. The van der Waals surface area contributed by atoms with E-state index in [2.05, 4.69) is 21.6 Å². The Hall–Kier alpha value is -2.97. The van der Waals surface area contributed by atoms with E-state index >= 15 is 0 Å². The minimum absolute atomic E-state index is 0.185. The third-order valence-corrected chi connectivity index (χ3v) is 7.27. The van der Waals surface area contributed by atoms with Crippen molar-refractivity contribution in [1.82, 2.24) is 9.97 Å². The lowest BCUT2D eigenvalue weighted by Gasteiger charge is -2.13. The molecule has 0 amide bonds. The van der Waals surface area contributed by atoms with Gasteiger partial charge in [-0.1, -0.05) is 36.8 Å². The molecule has 0 unspecified atom stereocenters. The van der Waals surface area contributed by atoms with Crippen LogP contribution in [0.4, 0.5) is 5.69 Å². The van der Waals surface area contributed by atoms with Gasteiger partial charge in [-0.25, -0.2) is 18.4 Å². The number of thiazole rings is 1. The average Bonchev–Trinajstić information content (AvgIpc) is 3.20. The smallest absolute Gasteiger partial charge is 0.261 e. The maximum atomic E-state index is 12.9.